The molecule has 2 heterocycles. The number of piperazine rings is 1. The Morgan fingerprint density at radius 2 is 1.67 bits per heavy atom. The number of fused-ring (bicyclic) bond motifs is 1. The van der Waals surface area contributed by atoms with Crippen molar-refractivity contribution < 1.29 is 0 Å². The van der Waals surface area contributed by atoms with Crippen molar-refractivity contribution in [1.82, 2.24) is 14.9 Å². The number of imidazole rings is 1. The number of aromatic nitrogens is 2. The number of benzene rings is 2. The number of hydrogen-bond acceptors (Lipinski definition) is 3. The predicted molar refractivity (Wildman–Crippen MR) is 99.6 cm³/mol. The molecule has 1 aromatic heterocycles. The van der Waals surface area contributed by atoms with E-state index >= 15 is 0 Å². The number of anilines is 1. The van der Waals surface area contributed by atoms with Gasteiger partial charge in [-0.2, -0.15) is 0 Å². The van der Waals surface area contributed by atoms with Crippen molar-refractivity contribution in [3.05, 3.63) is 60.2 Å². The highest BCUT2D eigenvalue weighted by Crippen LogP contribution is 2.23. The van der Waals surface area contributed by atoms with Crippen molar-refractivity contribution >= 4 is 17.0 Å². The van der Waals surface area contributed by atoms with Crippen LogP contribution in [-0.2, 0) is 13.0 Å². The maximum atomic E-state index is 4.92. The summed E-state index contributed by atoms with van der Waals surface area (Å²) in [6.45, 7) is 5.14. The van der Waals surface area contributed by atoms with Gasteiger partial charge in [-0.05, 0) is 30.5 Å². The van der Waals surface area contributed by atoms with Gasteiger partial charge in [0, 0.05) is 32.7 Å². The minimum absolute atomic E-state index is 1.01. The lowest BCUT2D eigenvalue weighted by atomic mass is 10.1. The molecule has 2 aromatic carbocycles. The third-order valence-electron chi connectivity index (χ3n) is 4.72. The Morgan fingerprint density at radius 1 is 0.917 bits per heavy atom. The van der Waals surface area contributed by atoms with E-state index in [9.17, 15) is 0 Å². The summed E-state index contributed by atoms with van der Waals surface area (Å²) in [5.74, 6) is 1.13. The molecular weight excluding hydrogens is 296 g/mol. The minimum Gasteiger partial charge on any atom is -0.340 e. The molecule has 1 N–H and O–H groups in total. The van der Waals surface area contributed by atoms with Gasteiger partial charge in [0.15, 0.2) is 0 Å². The maximum Gasteiger partial charge on any atom is 0.206 e. The number of nitrogens with one attached hydrogen (secondary N) is 1. The summed E-state index contributed by atoms with van der Waals surface area (Å²) in [6.07, 6.45) is 2.23. The Bertz CT molecular complexity index is 788. The quantitative estimate of drug-likeness (QED) is 0.784. The van der Waals surface area contributed by atoms with Gasteiger partial charge in [0.25, 0.3) is 0 Å². The Labute approximate surface area is 143 Å². The third-order valence-corrected chi connectivity index (χ3v) is 4.72. The van der Waals surface area contributed by atoms with Crippen LogP contribution in [0.3, 0.4) is 0 Å². The highest BCUT2D eigenvalue weighted by Gasteiger charge is 2.18. The molecule has 4 heteroatoms. The normalized spacial score (nSPS) is 15.1. The lowest BCUT2D eigenvalue weighted by Gasteiger charge is -2.29. The number of aryl methyl sites for hydroxylation is 2. The zero-order chi connectivity index (χ0) is 16.2. The van der Waals surface area contributed by atoms with Gasteiger partial charge in [0.2, 0.25) is 5.95 Å². The molecule has 4 nitrogen and oxygen atoms in total. The molecule has 0 saturated carbocycles. The Kier molecular flexibility index (Phi) is 4.47. The molecule has 0 atom stereocenters. The van der Waals surface area contributed by atoms with Gasteiger partial charge in [0.1, 0.15) is 0 Å². The fourth-order valence-corrected chi connectivity index (χ4v) is 3.48. The molecule has 3 aromatic rings. The van der Waals surface area contributed by atoms with E-state index in [0.717, 1.165) is 57.0 Å². The lowest BCUT2D eigenvalue weighted by Crippen LogP contribution is -2.44. The second-order valence-corrected chi connectivity index (χ2v) is 6.38. The van der Waals surface area contributed by atoms with E-state index in [1.165, 1.54) is 11.1 Å². The molecule has 0 radical (unpaired) electrons. The summed E-state index contributed by atoms with van der Waals surface area (Å²) in [4.78, 5) is 7.34. The predicted octanol–water partition coefficient (Wildman–Crippen LogP) is 3.08. The highest BCUT2D eigenvalue weighted by atomic mass is 15.3. The largest absolute Gasteiger partial charge is 0.340 e. The Hall–Kier alpha value is -2.33. The fraction of sp³-hybridized carbons (Fsp3) is 0.350. The van der Waals surface area contributed by atoms with E-state index in [1.54, 1.807) is 0 Å². The molecule has 1 aliphatic rings. The monoisotopic (exact) mass is 320 g/mol. The molecule has 24 heavy (non-hydrogen) atoms. The van der Waals surface area contributed by atoms with E-state index in [0.29, 0.717) is 0 Å². The van der Waals surface area contributed by atoms with Gasteiger partial charge in [-0.3, -0.25) is 0 Å². The Morgan fingerprint density at radius 3 is 2.50 bits per heavy atom. The second-order valence-electron chi connectivity index (χ2n) is 6.38. The zero-order valence-electron chi connectivity index (χ0n) is 14.0. The standard InChI is InChI=1S/C20H24N4/c1-2-7-17(8-3-1)9-6-14-24-19-11-5-4-10-18(19)22-20(24)23-15-12-21-13-16-23/h1-5,7-8,10-11,21H,6,9,12-16H2. The van der Waals surface area contributed by atoms with E-state index in [-0.39, 0.29) is 0 Å². The van der Waals surface area contributed by atoms with Crippen LogP contribution in [0.5, 0.6) is 0 Å². The van der Waals surface area contributed by atoms with Gasteiger partial charge in [-0.15, -0.1) is 0 Å². The summed E-state index contributed by atoms with van der Waals surface area (Å²) in [5, 5.41) is 3.42. The molecule has 0 spiro atoms. The average Bonchev–Trinajstić information content (AvgIpc) is 3.02. The van der Waals surface area contributed by atoms with Crippen molar-refractivity contribution in [3.8, 4) is 0 Å². The topological polar surface area (TPSA) is 33.1 Å². The van der Waals surface area contributed by atoms with Crippen LogP contribution in [0.25, 0.3) is 11.0 Å². The van der Waals surface area contributed by atoms with Gasteiger partial charge >= 0.3 is 0 Å². The first-order chi connectivity index (χ1) is 11.9. The zero-order valence-corrected chi connectivity index (χ0v) is 14.0. The van der Waals surface area contributed by atoms with Gasteiger partial charge in [-0.25, -0.2) is 4.98 Å². The van der Waals surface area contributed by atoms with Crippen LogP contribution >= 0.6 is 0 Å². The van der Waals surface area contributed by atoms with Crippen LogP contribution in [0.15, 0.2) is 54.6 Å². The van der Waals surface area contributed by atoms with Gasteiger partial charge in [-0.1, -0.05) is 42.5 Å². The molecule has 0 bridgehead atoms. The van der Waals surface area contributed by atoms with Gasteiger partial charge in [0.05, 0.1) is 11.0 Å². The SMILES string of the molecule is c1ccc(CCCn2c(N3CCNCC3)nc3ccccc32)cc1. The van der Waals surface area contributed by atoms with Crippen molar-refractivity contribution in [2.45, 2.75) is 19.4 Å². The lowest BCUT2D eigenvalue weighted by molar-refractivity contribution is 0.561. The van der Waals surface area contributed by atoms with Crippen molar-refractivity contribution in [3.63, 3.8) is 0 Å². The third kappa shape index (κ3) is 3.15. The number of hydrogen-bond donors (Lipinski definition) is 1. The summed E-state index contributed by atoms with van der Waals surface area (Å²) in [5.41, 5.74) is 3.76. The van der Waals surface area contributed by atoms with Crippen LogP contribution in [-0.4, -0.2) is 35.7 Å². The van der Waals surface area contributed by atoms with Crippen molar-refractivity contribution in [1.29, 1.82) is 0 Å². The van der Waals surface area contributed by atoms with Crippen LogP contribution in [0.2, 0.25) is 0 Å². The first kappa shape index (κ1) is 15.2. The molecule has 1 saturated heterocycles. The summed E-state index contributed by atoms with van der Waals surface area (Å²) in [7, 11) is 0. The minimum atomic E-state index is 1.01. The molecule has 124 valence electrons. The van der Waals surface area contributed by atoms with Crippen LogP contribution in [0.4, 0.5) is 5.95 Å². The van der Waals surface area contributed by atoms with Crippen LogP contribution < -0.4 is 10.2 Å². The van der Waals surface area contributed by atoms with E-state index in [2.05, 4.69) is 69.4 Å². The summed E-state index contributed by atoms with van der Waals surface area (Å²) < 4.78 is 2.41. The highest BCUT2D eigenvalue weighted by molar-refractivity contribution is 5.78. The molecular formula is C20H24N4. The first-order valence-electron chi connectivity index (χ1n) is 8.87. The smallest absolute Gasteiger partial charge is 0.206 e. The Balaban J connectivity index is 1.57. The average molecular weight is 320 g/mol. The van der Waals surface area contributed by atoms with Crippen LogP contribution in [0.1, 0.15) is 12.0 Å². The molecule has 0 amide bonds. The second kappa shape index (κ2) is 7.05. The van der Waals surface area contributed by atoms with E-state index in [1.807, 2.05) is 0 Å². The summed E-state index contributed by atoms with van der Waals surface area (Å²) in [6, 6.07) is 19.2. The first-order valence-corrected chi connectivity index (χ1v) is 8.87. The van der Waals surface area contributed by atoms with Gasteiger partial charge < -0.3 is 14.8 Å². The number of nitrogens with zero attached hydrogens (tertiary/aromatic N) is 3. The number of rotatable bonds is 5. The fourth-order valence-electron chi connectivity index (χ4n) is 3.48. The number of para-hydroxylation sites is 2. The molecule has 0 unspecified atom stereocenters. The van der Waals surface area contributed by atoms with Crippen molar-refractivity contribution in [2.75, 3.05) is 31.1 Å². The summed E-state index contributed by atoms with van der Waals surface area (Å²) >= 11 is 0. The van der Waals surface area contributed by atoms with Crippen molar-refractivity contribution in [2.24, 2.45) is 0 Å². The van der Waals surface area contributed by atoms with E-state index < -0.39 is 0 Å². The molecule has 0 aliphatic carbocycles. The molecule has 4 rings (SSSR count). The van der Waals surface area contributed by atoms with E-state index in [4.69, 9.17) is 4.98 Å². The maximum absolute atomic E-state index is 4.92. The molecule has 1 fully saturated rings. The molecule has 1 aliphatic heterocycles. The van der Waals surface area contributed by atoms with Crippen LogP contribution in [0, 0.1) is 0 Å².